The minimum absolute atomic E-state index is 0.0194. The number of fused-ring (bicyclic) bond motifs is 1. The standard InChI is InChI=1S/C20H18ClN3OS/c1-23-10-11-24(13-14-6-2-5-9-17(14)23)20(25)18-12-22-19(26-18)15-7-3-4-8-16(15)21/h2-9,12H,10-11,13H2,1H3. The van der Waals surface area contributed by atoms with E-state index in [2.05, 4.69) is 29.1 Å². The molecule has 1 aliphatic rings. The minimum Gasteiger partial charge on any atom is -0.373 e. The van der Waals surface area contributed by atoms with E-state index in [4.69, 9.17) is 11.6 Å². The van der Waals surface area contributed by atoms with Crippen LogP contribution in [-0.4, -0.2) is 35.9 Å². The number of hydrogen-bond donors (Lipinski definition) is 0. The van der Waals surface area contributed by atoms with Gasteiger partial charge in [0, 0.05) is 37.9 Å². The highest BCUT2D eigenvalue weighted by Gasteiger charge is 2.24. The molecule has 132 valence electrons. The number of amides is 1. The van der Waals surface area contributed by atoms with Gasteiger partial charge >= 0.3 is 0 Å². The number of likely N-dealkylation sites (N-methyl/N-ethyl adjacent to an activating group) is 1. The second-order valence-electron chi connectivity index (χ2n) is 6.29. The number of anilines is 1. The summed E-state index contributed by atoms with van der Waals surface area (Å²) < 4.78 is 0. The van der Waals surface area contributed by atoms with Gasteiger partial charge in [0.15, 0.2) is 0 Å². The van der Waals surface area contributed by atoms with E-state index in [-0.39, 0.29) is 5.91 Å². The molecule has 0 unspecified atom stereocenters. The lowest BCUT2D eigenvalue weighted by molar-refractivity contribution is 0.0756. The summed E-state index contributed by atoms with van der Waals surface area (Å²) in [6, 6.07) is 15.8. The first-order valence-electron chi connectivity index (χ1n) is 8.42. The van der Waals surface area contributed by atoms with Gasteiger partial charge in [0.1, 0.15) is 9.88 Å². The number of halogens is 1. The van der Waals surface area contributed by atoms with Gasteiger partial charge in [0.25, 0.3) is 5.91 Å². The zero-order valence-electron chi connectivity index (χ0n) is 14.4. The molecule has 26 heavy (non-hydrogen) atoms. The average molecular weight is 384 g/mol. The molecular weight excluding hydrogens is 366 g/mol. The maximum atomic E-state index is 13.0. The lowest BCUT2D eigenvalue weighted by Gasteiger charge is -2.20. The van der Waals surface area contributed by atoms with Crippen LogP contribution < -0.4 is 4.90 Å². The third-order valence-corrected chi connectivity index (χ3v) is 5.93. The van der Waals surface area contributed by atoms with Crippen molar-refractivity contribution in [2.75, 3.05) is 25.0 Å². The van der Waals surface area contributed by atoms with Crippen molar-refractivity contribution in [3.63, 3.8) is 0 Å². The zero-order valence-corrected chi connectivity index (χ0v) is 15.9. The Morgan fingerprint density at radius 1 is 1.12 bits per heavy atom. The molecule has 0 fully saturated rings. The maximum Gasteiger partial charge on any atom is 0.265 e. The van der Waals surface area contributed by atoms with Crippen molar-refractivity contribution in [2.45, 2.75) is 6.54 Å². The van der Waals surface area contributed by atoms with E-state index in [1.54, 1.807) is 6.20 Å². The summed E-state index contributed by atoms with van der Waals surface area (Å²) >= 11 is 7.65. The zero-order chi connectivity index (χ0) is 18.1. The van der Waals surface area contributed by atoms with Crippen molar-refractivity contribution in [3.05, 3.63) is 70.2 Å². The van der Waals surface area contributed by atoms with E-state index in [1.807, 2.05) is 41.3 Å². The van der Waals surface area contributed by atoms with Crippen LogP contribution in [0.4, 0.5) is 5.69 Å². The second kappa shape index (κ2) is 7.09. The van der Waals surface area contributed by atoms with Crippen molar-refractivity contribution >= 4 is 34.5 Å². The van der Waals surface area contributed by atoms with Crippen LogP contribution >= 0.6 is 22.9 Å². The number of thiazole rings is 1. The third-order valence-electron chi connectivity index (χ3n) is 4.58. The van der Waals surface area contributed by atoms with Gasteiger partial charge in [-0.2, -0.15) is 0 Å². The summed E-state index contributed by atoms with van der Waals surface area (Å²) in [5, 5.41) is 1.41. The molecular formula is C20H18ClN3OS. The highest BCUT2D eigenvalue weighted by molar-refractivity contribution is 7.17. The van der Waals surface area contributed by atoms with Gasteiger partial charge < -0.3 is 9.80 Å². The quantitative estimate of drug-likeness (QED) is 0.651. The summed E-state index contributed by atoms with van der Waals surface area (Å²) in [6.07, 6.45) is 1.66. The van der Waals surface area contributed by atoms with Crippen molar-refractivity contribution in [2.24, 2.45) is 0 Å². The molecule has 2 heterocycles. The fraction of sp³-hybridized carbons (Fsp3) is 0.200. The van der Waals surface area contributed by atoms with E-state index in [9.17, 15) is 4.79 Å². The van der Waals surface area contributed by atoms with Crippen LogP contribution in [0.3, 0.4) is 0 Å². The largest absolute Gasteiger partial charge is 0.373 e. The topological polar surface area (TPSA) is 36.4 Å². The molecule has 1 aromatic heterocycles. The van der Waals surface area contributed by atoms with E-state index in [0.29, 0.717) is 23.0 Å². The fourth-order valence-corrected chi connectivity index (χ4v) is 4.36. The number of para-hydroxylation sites is 1. The Balaban J connectivity index is 1.60. The van der Waals surface area contributed by atoms with Crippen molar-refractivity contribution in [3.8, 4) is 10.6 Å². The van der Waals surface area contributed by atoms with Gasteiger partial charge in [-0.05, 0) is 17.7 Å². The molecule has 0 aliphatic carbocycles. The van der Waals surface area contributed by atoms with Crippen molar-refractivity contribution in [1.82, 2.24) is 9.88 Å². The smallest absolute Gasteiger partial charge is 0.265 e. The normalized spacial score (nSPS) is 14.1. The average Bonchev–Trinajstić information content (AvgIpc) is 3.08. The SMILES string of the molecule is CN1CCN(C(=O)c2cnc(-c3ccccc3Cl)s2)Cc2ccccc21. The number of carbonyl (C=O) groups excluding carboxylic acids is 1. The number of hydrogen-bond acceptors (Lipinski definition) is 4. The number of nitrogens with zero attached hydrogens (tertiary/aromatic N) is 3. The lowest BCUT2D eigenvalue weighted by Crippen LogP contribution is -2.33. The summed E-state index contributed by atoms with van der Waals surface area (Å²) in [5.41, 5.74) is 3.21. The molecule has 0 bridgehead atoms. The van der Waals surface area contributed by atoms with Gasteiger partial charge in [-0.25, -0.2) is 4.98 Å². The molecule has 4 rings (SSSR count). The molecule has 3 aromatic rings. The predicted molar refractivity (Wildman–Crippen MR) is 107 cm³/mol. The van der Waals surface area contributed by atoms with Crippen LogP contribution in [0.15, 0.2) is 54.7 Å². The summed E-state index contributed by atoms with van der Waals surface area (Å²) in [6.45, 7) is 2.10. The number of benzene rings is 2. The molecule has 0 N–H and O–H groups in total. The van der Waals surface area contributed by atoms with Gasteiger partial charge in [-0.3, -0.25) is 4.79 Å². The summed E-state index contributed by atoms with van der Waals surface area (Å²) in [4.78, 5) is 22.2. The minimum atomic E-state index is 0.0194. The van der Waals surface area contributed by atoms with Crippen LogP contribution in [0, 0.1) is 0 Å². The number of carbonyl (C=O) groups is 1. The maximum absolute atomic E-state index is 13.0. The fourth-order valence-electron chi connectivity index (χ4n) is 3.15. The Morgan fingerprint density at radius 3 is 2.73 bits per heavy atom. The Labute approximate surface area is 161 Å². The highest BCUT2D eigenvalue weighted by atomic mass is 35.5. The van der Waals surface area contributed by atoms with E-state index in [1.165, 1.54) is 17.0 Å². The third kappa shape index (κ3) is 3.20. The first-order chi connectivity index (χ1) is 12.6. The number of rotatable bonds is 2. The molecule has 1 amide bonds. The first-order valence-corrected chi connectivity index (χ1v) is 9.62. The highest BCUT2D eigenvalue weighted by Crippen LogP contribution is 2.32. The Kier molecular flexibility index (Phi) is 4.66. The van der Waals surface area contributed by atoms with E-state index < -0.39 is 0 Å². The molecule has 0 atom stereocenters. The van der Waals surface area contributed by atoms with Gasteiger partial charge in [-0.1, -0.05) is 48.0 Å². The van der Waals surface area contributed by atoms with E-state index in [0.717, 1.165) is 22.7 Å². The van der Waals surface area contributed by atoms with Crippen molar-refractivity contribution < 1.29 is 4.79 Å². The molecule has 0 radical (unpaired) electrons. The van der Waals surface area contributed by atoms with Crippen LogP contribution in [0.25, 0.3) is 10.6 Å². The molecule has 0 saturated carbocycles. The summed E-state index contributed by atoms with van der Waals surface area (Å²) in [7, 11) is 2.06. The lowest BCUT2D eigenvalue weighted by atomic mass is 10.1. The van der Waals surface area contributed by atoms with Gasteiger partial charge in [-0.15, -0.1) is 11.3 Å². The Hall–Kier alpha value is -2.37. The Morgan fingerprint density at radius 2 is 1.88 bits per heavy atom. The van der Waals surface area contributed by atoms with Crippen LogP contribution in [0.2, 0.25) is 5.02 Å². The molecule has 0 saturated heterocycles. The van der Waals surface area contributed by atoms with Gasteiger partial charge in [0.2, 0.25) is 0 Å². The van der Waals surface area contributed by atoms with Crippen LogP contribution in [0.5, 0.6) is 0 Å². The van der Waals surface area contributed by atoms with E-state index >= 15 is 0 Å². The van der Waals surface area contributed by atoms with Crippen LogP contribution in [0.1, 0.15) is 15.2 Å². The molecule has 2 aromatic carbocycles. The number of aromatic nitrogens is 1. The summed E-state index contributed by atoms with van der Waals surface area (Å²) in [5.74, 6) is 0.0194. The molecule has 0 spiro atoms. The Bertz CT molecular complexity index is 955. The molecule has 4 nitrogen and oxygen atoms in total. The first kappa shape index (κ1) is 17.1. The monoisotopic (exact) mass is 383 g/mol. The molecule has 1 aliphatic heterocycles. The predicted octanol–water partition coefficient (Wildman–Crippen LogP) is 4.56. The second-order valence-corrected chi connectivity index (χ2v) is 7.72. The van der Waals surface area contributed by atoms with Crippen molar-refractivity contribution in [1.29, 1.82) is 0 Å². The molecule has 6 heteroatoms. The van der Waals surface area contributed by atoms with Crippen LogP contribution in [-0.2, 0) is 6.54 Å². The van der Waals surface area contributed by atoms with Gasteiger partial charge in [0.05, 0.1) is 11.2 Å².